The van der Waals surface area contributed by atoms with Gasteiger partial charge in [0, 0.05) is 49.6 Å². The van der Waals surface area contributed by atoms with Gasteiger partial charge in [-0.1, -0.05) is 25.3 Å². The van der Waals surface area contributed by atoms with Gasteiger partial charge in [0.1, 0.15) is 15.5 Å². The van der Waals surface area contributed by atoms with Crippen molar-refractivity contribution in [2.24, 2.45) is 11.8 Å². The van der Waals surface area contributed by atoms with E-state index < -0.39 is 16.5 Å². The van der Waals surface area contributed by atoms with E-state index in [0.717, 1.165) is 23.9 Å². The Hall–Kier alpha value is -3.67. The van der Waals surface area contributed by atoms with Crippen LogP contribution in [0.3, 0.4) is 0 Å². The van der Waals surface area contributed by atoms with Gasteiger partial charge in [0.15, 0.2) is 5.56 Å². The number of fused-ring (bicyclic) bond motifs is 2. The molecular formula is C30H37N5O6S. The number of imidazole rings is 1. The lowest BCUT2D eigenvalue weighted by Crippen LogP contribution is -2.37. The highest BCUT2D eigenvalue weighted by Gasteiger charge is 2.45. The zero-order valence-corrected chi connectivity index (χ0v) is 25.3. The van der Waals surface area contributed by atoms with Gasteiger partial charge >= 0.3 is 17.7 Å². The van der Waals surface area contributed by atoms with Crippen LogP contribution in [0.25, 0.3) is 21.5 Å². The van der Waals surface area contributed by atoms with Crippen molar-refractivity contribution in [3.63, 3.8) is 0 Å². The van der Waals surface area contributed by atoms with Crippen molar-refractivity contribution in [1.29, 1.82) is 0 Å². The fourth-order valence-corrected chi connectivity index (χ4v) is 8.02. The zero-order valence-electron chi connectivity index (χ0n) is 24.5. The summed E-state index contributed by atoms with van der Waals surface area (Å²) in [5.74, 6) is -0.380. The van der Waals surface area contributed by atoms with Crippen LogP contribution < -0.4 is 4.90 Å². The number of hydrogen-bond acceptors (Lipinski definition) is 9. The number of aromatic nitrogens is 2. The average Bonchev–Trinajstić information content (AvgIpc) is 3.72. The highest BCUT2D eigenvalue weighted by atomic mass is 32.1. The third kappa shape index (κ3) is 5.21. The van der Waals surface area contributed by atoms with E-state index in [2.05, 4.69) is 9.55 Å². The predicted molar refractivity (Wildman–Crippen MR) is 160 cm³/mol. The molecule has 0 spiro atoms. The molecule has 6 rings (SSSR count). The van der Waals surface area contributed by atoms with Crippen molar-refractivity contribution in [2.75, 3.05) is 38.2 Å². The van der Waals surface area contributed by atoms with Crippen LogP contribution >= 0.6 is 11.3 Å². The maximum absolute atomic E-state index is 13.0. The summed E-state index contributed by atoms with van der Waals surface area (Å²) in [4.78, 5) is 46.5. The zero-order chi connectivity index (χ0) is 29.8. The number of amides is 1. The molecule has 1 saturated carbocycles. The molecule has 11 nitrogen and oxygen atoms in total. The topological polar surface area (TPSA) is 120 Å². The Kier molecular flexibility index (Phi) is 7.36. The van der Waals surface area contributed by atoms with Gasteiger partial charge in [-0.15, -0.1) is 11.3 Å². The number of ether oxygens (including phenoxy) is 2. The van der Waals surface area contributed by atoms with Crippen molar-refractivity contribution >= 4 is 45.1 Å². The number of rotatable bonds is 5. The standard InChI is InChI=1S/C30H37N5O6S/c1-30(2,3)41-29(37)33-15-19-13-32(14-20(19)16-33)27-24(28(36)40-4)25(35(38)39)26(42-27)18-10-11-23-22(12-18)31-17-34(23)21-8-6-5-7-9-21/h10-12,17,19-21H,5-9,13-16H2,1-4H3. The second kappa shape index (κ2) is 10.9. The molecule has 2 aromatic heterocycles. The number of likely N-dealkylation sites (tertiary alicyclic amines) is 1. The Morgan fingerprint density at radius 3 is 2.38 bits per heavy atom. The number of hydrogen-bond donors (Lipinski definition) is 0. The lowest BCUT2D eigenvalue weighted by Gasteiger charge is -2.26. The van der Waals surface area contributed by atoms with Crippen LogP contribution in [0.5, 0.6) is 0 Å². The summed E-state index contributed by atoms with van der Waals surface area (Å²) in [5.41, 5.74) is 1.62. The molecular weight excluding hydrogens is 558 g/mol. The molecule has 3 aromatic rings. The molecule has 1 amide bonds. The monoisotopic (exact) mass is 595 g/mol. The van der Waals surface area contributed by atoms with Crippen LogP contribution in [-0.4, -0.2) is 70.3 Å². The highest BCUT2D eigenvalue weighted by Crippen LogP contribution is 2.50. The van der Waals surface area contributed by atoms with E-state index in [1.54, 1.807) is 4.90 Å². The fraction of sp³-hybridized carbons (Fsp3) is 0.567. The lowest BCUT2D eigenvalue weighted by molar-refractivity contribution is -0.384. The molecule has 224 valence electrons. The molecule has 0 N–H and O–H groups in total. The van der Waals surface area contributed by atoms with E-state index in [-0.39, 0.29) is 29.2 Å². The Balaban J connectivity index is 1.31. The van der Waals surface area contributed by atoms with E-state index in [9.17, 15) is 19.7 Å². The van der Waals surface area contributed by atoms with Crippen molar-refractivity contribution in [3.8, 4) is 10.4 Å². The number of carbonyl (C=O) groups excluding carboxylic acids is 2. The van der Waals surface area contributed by atoms with Gasteiger partial charge in [-0.3, -0.25) is 10.1 Å². The van der Waals surface area contributed by atoms with E-state index in [1.807, 2.05) is 50.2 Å². The molecule has 3 fully saturated rings. The van der Waals surface area contributed by atoms with Crippen molar-refractivity contribution in [2.45, 2.75) is 64.5 Å². The molecule has 2 aliphatic heterocycles. The molecule has 2 unspecified atom stereocenters. The normalized spacial score (nSPS) is 21.1. The molecule has 4 heterocycles. The van der Waals surface area contributed by atoms with Crippen LogP contribution in [0.2, 0.25) is 0 Å². The third-order valence-corrected chi connectivity index (χ3v) is 9.96. The molecule has 2 atom stereocenters. The number of carbonyl (C=O) groups is 2. The minimum Gasteiger partial charge on any atom is -0.465 e. The molecule has 0 radical (unpaired) electrons. The number of nitrogens with zero attached hydrogens (tertiary/aromatic N) is 5. The first-order valence-electron chi connectivity index (χ1n) is 14.6. The summed E-state index contributed by atoms with van der Waals surface area (Å²) in [5, 5.41) is 13.0. The molecule has 2 saturated heterocycles. The second-order valence-electron chi connectivity index (χ2n) is 12.7. The quantitative estimate of drug-likeness (QED) is 0.192. The number of esters is 1. The summed E-state index contributed by atoms with van der Waals surface area (Å²) in [6, 6.07) is 6.18. The van der Waals surface area contributed by atoms with Crippen LogP contribution in [-0.2, 0) is 9.47 Å². The summed E-state index contributed by atoms with van der Waals surface area (Å²) in [7, 11) is 1.24. The molecule has 3 aliphatic rings. The van der Waals surface area contributed by atoms with E-state index in [4.69, 9.17) is 9.47 Å². The Bertz CT molecular complexity index is 1520. The smallest absolute Gasteiger partial charge is 0.410 e. The van der Waals surface area contributed by atoms with Crippen LogP contribution in [0.15, 0.2) is 24.5 Å². The van der Waals surface area contributed by atoms with E-state index in [0.29, 0.717) is 47.7 Å². The molecule has 0 bridgehead atoms. The number of thiophene rings is 1. The van der Waals surface area contributed by atoms with Crippen molar-refractivity contribution < 1.29 is 24.0 Å². The summed E-state index contributed by atoms with van der Waals surface area (Å²) in [6.45, 7) is 7.79. The number of anilines is 1. The molecule has 1 aromatic carbocycles. The molecule has 1 aliphatic carbocycles. The van der Waals surface area contributed by atoms with Crippen molar-refractivity contribution in [1.82, 2.24) is 14.5 Å². The van der Waals surface area contributed by atoms with Gasteiger partial charge in [0.05, 0.1) is 29.4 Å². The predicted octanol–water partition coefficient (Wildman–Crippen LogP) is 6.27. The fourth-order valence-electron chi connectivity index (χ4n) is 6.75. The van der Waals surface area contributed by atoms with Gasteiger partial charge in [-0.2, -0.15) is 0 Å². The van der Waals surface area contributed by atoms with Crippen LogP contribution in [0.4, 0.5) is 15.5 Å². The van der Waals surface area contributed by atoms with Crippen molar-refractivity contribution in [3.05, 3.63) is 40.2 Å². The van der Waals surface area contributed by atoms with Gasteiger partial charge in [0.2, 0.25) is 0 Å². The largest absolute Gasteiger partial charge is 0.465 e. The van der Waals surface area contributed by atoms with Crippen LogP contribution in [0.1, 0.15) is 69.3 Å². The van der Waals surface area contributed by atoms with E-state index >= 15 is 0 Å². The summed E-state index contributed by atoms with van der Waals surface area (Å²) >= 11 is 1.25. The van der Waals surface area contributed by atoms with Gasteiger partial charge < -0.3 is 23.8 Å². The van der Waals surface area contributed by atoms with Gasteiger partial charge in [-0.25, -0.2) is 14.6 Å². The summed E-state index contributed by atoms with van der Waals surface area (Å²) < 4.78 is 12.8. The lowest BCUT2D eigenvalue weighted by atomic mass is 9.95. The Morgan fingerprint density at radius 1 is 1.07 bits per heavy atom. The third-order valence-electron chi connectivity index (χ3n) is 8.67. The number of benzene rings is 1. The number of methoxy groups -OCH3 is 1. The van der Waals surface area contributed by atoms with E-state index in [1.165, 1.54) is 37.7 Å². The minimum absolute atomic E-state index is 0.0145. The highest BCUT2D eigenvalue weighted by molar-refractivity contribution is 7.20. The average molecular weight is 596 g/mol. The first-order valence-corrected chi connectivity index (χ1v) is 15.4. The van der Waals surface area contributed by atoms with Crippen LogP contribution in [0, 0.1) is 22.0 Å². The Morgan fingerprint density at radius 2 is 1.76 bits per heavy atom. The Labute approximate surface area is 248 Å². The minimum atomic E-state index is -0.728. The maximum atomic E-state index is 13.0. The van der Waals surface area contributed by atoms with Gasteiger partial charge in [0.25, 0.3) is 0 Å². The SMILES string of the molecule is COC(=O)c1c(N2CC3CN(C(=O)OC(C)(C)C)CC3C2)sc(-c2ccc3c(c2)ncn3C2CCCCC2)c1[N+](=O)[O-]. The first kappa shape index (κ1) is 28.4. The second-order valence-corrected chi connectivity index (χ2v) is 13.7. The van der Waals surface area contributed by atoms with Gasteiger partial charge in [-0.05, 0) is 45.7 Å². The molecule has 12 heteroatoms. The number of nitro groups is 1. The first-order chi connectivity index (χ1) is 20.0. The summed E-state index contributed by atoms with van der Waals surface area (Å²) in [6.07, 6.45) is 7.49. The molecule has 42 heavy (non-hydrogen) atoms. The maximum Gasteiger partial charge on any atom is 0.410 e.